The average Bonchev–Trinajstić information content (AvgIpc) is 2.43. The van der Waals surface area contributed by atoms with E-state index in [4.69, 9.17) is 30.6 Å². The maximum absolute atomic E-state index is 8.83. The fraction of sp³-hybridized carbons (Fsp3) is 0.143. The fourth-order valence-electron chi connectivity index (χ4n) is 2.23. The van der Waals surface area contributed by atoms with Gasteiger partial charge in [-0.1, -0.05) is 0 Å². The topological polar surface area (TPSA) is 121 Å². The number of hydrogen-bond acceptors (Lipinski definition) is 6. The second kappa shape index (κ2) is 9.82. The van der Waals surface area contributed by atoms with Crippen LogP contribution in [-0.2, 0) is 0 Å². The maximum atomic E-state index is 8.83. The molecule has 0 saturated carbocycles. The van der Waals surface area contributed by atoms with Gasteiger partial charge in [-0.05, 0) is 73.9 Å². The van der Waals surface area contributed by atoms with Crippen molar-refractivity contribution in [3.8, 4) is 34.5 Å². The minimum Gasteiger partial charge on any atom is -0.508 e. The summed E-state index contributed by atoms with van der Waals surface area (Å²) in [5, 5.41) is 53.0. The average molecular weight is 372 g/mol. The van der Waals surface area contributed by atoms with Crippen molar-refractivity contribution in [2.24, 2.45) is 0 Å². The predicted octanol–water partition coefficient (Wildman–Crippen LogP) is 4.22. The Labute approximate surface area is 157 Å². The predicted molar refractivity (Wildman–Crippen MR) is 104 cm³/mol. The lowest BCUT2D eigenvalue weighted by molar-refractivity contribution is 0.448. The third-order valence-corrected chi connectivity index (χ3v) is 3.14. The van der Waals surface area contributed by atoms with E-state index in [2.05, 4.69) is 0 Å². The van der Waals surface area contributed by atoms with Crippen LogP contribution in [0.4, 0.5) is 0 Å². The SMILES string of the molecule is Cc1cc(O)cc(O)c1.Cc1cc(O)cc(O)c1.Cc1cc(O)cc(O)c1. The van der Waals surface area contributed by atoms with Crippen LogP contribution in [-0.4, -0.2) is 30.6 Å². The van der Waals surface area contributed by atoms with Crippen LogP contribution in [0.2, 0.25) is 0 Å². The summed E-state index contributed by atoms with van der Waals surface area (Å²) in [7, 11) is 0. The summed E-state index contributed by atoms with van der Waals surface area (Å²) in [4.78, 5) is 0. The third-order valence-electron chi connectivity index (χ3n) is 3.14. The molecule has 0 radical (unpaired) electrons. The lowest BCUT2D eigenvalue weighted by Crippen LogP contribution is -1.70. The van der Waals surface area contributed by atoms with Gasteiger partial charge in [0, 0.05) is 18.2 Å². The molecule has 0 spiro atoms. The normalized spacial score (nSPS) is 9.44. The van der Waals surface area contributed by atoms with Crippen LogP contribution in [0.5, 0.6) is 34.5 Å². The van der Waals surface area contributed by atoms with Crippen molar-refractivity contribution in [3.63, 3.8) is 0 Å². The van der Waals surface area contributed by atoms with Crippen molar-refractivity contribution in [2.75, 3.05) is 0 Å². The van der Waals surface area contributed by atoms with Crippen molar-refractivity contribution in [3.05, 3.63) is 71.3 Å². The fourth-order valence-corrected chi connectivity index (χ4v) is 2.23. The van der Waals surface area contributed by atoms with Crippen molar-refractivity contribution >= 4 is 0 Å². The minimum absolute atomic E-state index is 0.104. The van der Waals surface area contributed by atoms with E-state index in [1.165, 1.54) is 18.2 Å². The van der Waals surface area contributed by atoms with E-state index < -0.39 is 0 Å². The van der Waals surface area contributed by atoms with E-state index in [1.807, 2.05) is 0 Å². The molecule has 3 aromatic carbocycles. The van der Waals surface area contributed by atoms with Gasteiger partial charge in [-0.3, -0.25) is 0 Å². The highest BCUT2D eigenvalue weighted by molar-refractivity contribution is 5.37. The van der Waals surface area contributed by atoms with Gasteiger partial charge in [0.2, 0.25) is 0 Å². The zero-order chi connectivity index (χ0) is 20.6. The Morgan fingerprint density at radius 2 is 0.481 bits per heavy atom. The molecule has 0 aliphatic heterocycles. The van der Waals surface area contributed by atoms with Gasteiger partial charge in [-0.15, -0.1) is 0 Å². The zero-order valence-electron chi connectivity index (χ0n) is 15.4. The molecule has 0 aliphatic rings. The highest BCUT2D eigenvalue weighted by Crippen LogP contribution is 2.20. The monoisotopic (exact) mass is 372 g/mol. The molecule has 6 nitrogen and oxygen atoms in total. The molecule has 3 aromatic rings. The van der Waals surface area contributed by atoms with Gasteiger partial charge in [-0.2, -0.15) is 0 Å². The molecule has 27 heavy (non-hydrogen) atoms. The first-order chi connectivity index (χ1) is 12.5. The van der Waals surface area contributed by atoms with Gasteiger partial charge in [0.05, 0.1) is 0 Å². The lowest BCUT2D eigenvalue weighted by atomic mass is 10.2. The molecular formula is C21H24O6. The molecule has 0 unspecified atom stereocenters. The summed E-state index contributed by atoms with van der Waals surface area (Å²) < 4.78 is 0. The number of rotatable bonds is 0. The Balaban J connectivity index is 0.000000202. The second-order valence-corrected chi connectivity index (χ2v) is 6.08. The molecule has 0 heterocycles. The van der Waals surface area contributed by atoms with Crippen LogP contribution in [0.1, 0.15) is 16.7 Å². The highest BCUT2D eigenvalue weighted by atomic mass is 16.3. The molecule has 0 aromatic heterocycles. The van der Waals surface area contributed by atoms with Gasteiger partial charge in [0.1, 0.15) is 34.5 Å². The Morgan fingerprint density at radius 1 is 0.333 bits per heavy atom. The maximum Gasteiger partial charge on any atom is 0.119 e. The van der Waals surface area contributed by atoms with E-state index >= 15 is 0 Å². The van der Waals surface area contributed by atoms with Gasteiger partial charge < -0.3 is 30.6 Å². The Bertz CT molecular complexity index is 621. The van der Waals surface area contributed by atoms with Crippen molar-refractivity contribution < 1.29 is 30.6 Å². The van der Waals surface area contributed by atoms with E-state index in [0.717, 1.165) is 16.7 Å². The van der Waals surface area contributed by atoms with Crippen LogP contribution in [0.25, 0.3) is 0 Å². The van der Waals surface area contributed by atoms with E-state index in [9.17, 15) is 0 Å². The van der Waals surface area contributed by atoms with E-state index in [-0.39, 0.29) is 34.5 Å². The minimum atomic E-state index is 0.104. The molecule has 6 heteroatoms. The van der Waals surface area contributed by atoms with Gasteiger partial charge in [0.25, 0.3) is 0 Å². The molecule has 6 N–H and O–H groups in total. The summed E-state index contributed by atoms with van der Waals surface area (Å²) >= 11 is 0. The molecule has 0 fully saturated rings. The number of aryl methyl sites for hydroxylation is 3. The third kappa shape index (κ3) is 8.92. The van der Waals surface area contributed by atoms with Crippen LogP contribution in [0.15, 0.2) is 54.6 Å². The molecule has 0 amide bonds. The van der Waals surface area contributed by atoms with Crippen LogP contribution >= 0.6 is 0 Å². The van der Waals surface area contributed by atoms with Crippen LogP contribution in [0.3, 0.4) is 0 Å². The van der Waals surface area contributed by atoms with Gasteiger partial charge in [0.15, 0.2) is 0 Å². The first-order valence-electron chi connectivity index (χ1n) is 8.04. The summed E-state index contributed by atoms with van der Waals surface area (Å²) in [6.45, 7) is 5.42. The first kappa shape index (κ1) is 21.5. The van der Waals surface area contributed by atoms with Gasteiger partial charge in [-0.25, -0.2) is 0 Å². The smallest absolute Gasteiger partial charge is 0.119 e. The Morgan fingerprint density at radius 3 is 0.593 bits per heavy atom. The summed E-state index contributed by atoms with van der Waals surface area (Å²) in [6, 6.07) is 13.4. The number of aromatic hydroxyl groups is 6. The molecule has 0 saturated heterocycles. The van der Waals surface area contributed by atoms with E-state index in [1.54, 1.807) is 57.2 Å². The molecule has 0 aliphatic carbocycles. The zero-order valence-corrected chi connectivity index (χ0v) is 15.4. The first-order valence-corrected chi connectivity index (χ1v) is 8.04. The van der Waals surface area contributed by atoms with E-state index in [0.29, 0.717) is 0 Å². The quantitative estimate of drug-likeness (QED) is 0.351. The number of phenolic OH excluding ortho intramolecular Hbond substituents is 6. The largest absolute Gasteiger partial charge is 0.508 e. The Kier molecular flexibility index (Phi) is 7.82. The van der Waals surface area contributed by atoms with Crippen molar-refractivity contribution in [2.45, 2.75) is 20.8 Å². The van der Waals surface area contributed by atoms with Crippen LogP contribution in [0, 0.1) is 20.8 Å². The molecule has 0 atom stereocenters. The molecule has 144 valence electrons. The summed E-state index contributed by atoms with van der Waals surface area (Å²) in [6.07, 6.45) is 0. The summed E-state index contributed by atoms with van der Waals surface area (Å²) in [5.41, 5.74) is 2.56. The summed E-state index contributed by atoms with van der Waals surface area (Å²) in [5.74, 6) is 0.625. The Hall–Kier alpha value is -3.54. The van der Waals surface area contributed by atoms with Crippen molar-refractivity contribution in [1.82, 2.24) is 0 Å². The standard InChI is InChI=1S/3C7H8O2/c3*1-5-2-6(8)4-7(9)3-5/h3*2-4,8-9H,1H3. The second-order valence-electron chi connectivity index (χ2n) is 6.08. The van der Waals surface area contributed by atoms with Crippen molar-refractivity contribution in [1.29, 1.82) is 0 Å². The molecular weight excluding hydrogens is 348 g/mol. The van der Waals surface area contributed by atoms with Crippen LogP contribution < -0.4 is 0 Å². The molecule has 3 rings (SSSR count). The number of benzene rings is 3. The van der Waals surface area contributed by atoms with Gasteiger partial charge >= 0.3 is 0 Å². The number of phenols is 6. The molecule has 0 bridgehead atoms. The lowest BCUT2D eigenvalue weighted by Gasteiger charge is -1.95. The highest BCUT2D eigenvalue weighted by Gasteiger charge is 1.93. The number of hydrogen-bond donors (Lipinski definition) is 6.